The molecule has 120 valence electrons. The summed E-state index contributed by atoms with van der Waals surface area (Å²) in [6.07, 6.45) is 1.52. The van der Waals surface area contributed by atoms with E-state index in [-0.39, 0.29) is 12.0 Å². The van der Waals surface area contributed by atoms with Gasteiger partial charge in [0.05, 0.1) is 7.11 Å². The fourth-order valence-electron chi connectivity index (χ4n) is 2.67. The molecule has 1 aromatic carbocycles. The summed E-state index contributed by atoms with van der Waals surface area (Å²) in [6.45, 7) is 6.08. The zero-order chi connectivity index (χ0) is 16.1. The molecule has 0 spiro atoms. The molecule has 2 amide bonds. The summed E-state index contributed by atoms with van der Waals surface area (Å²) in [7, 11) is 1.40. The Bertz CT molecular complexity index is 549. The number of carbonyl (C=O) groups excluding carboxylic acids is 2. The highest BCUT2D eigenvalue weighted by molar-refractivity contribution is 5.94. The van der Waals surface area contributed by atoms with Crippen LogP contribution >= 0.6 is 0 Å². The number of likely N-dealkylation sites (tertiary alicyclic amines) is 1. The van der Waals surface area contributed by atoms with Crippen LogP contribution in [0.1, 0.15) is 34.3 Å². The minimum atomic E-state index is -0.266. The Labute approximate surface area is 131 Å². The van der Waals surface area contributed by atoms with Crippen LogP contribution in [0.15, 0.2) is 18.2 Å². The summed E-state index contributed by atoms with van der Waals surface area (Å²) in [5.41, 5.74) is 3.01. The molecule has 0 atom stereocenters. The van der Waals surface area contributed by atoms with Gasteiger partial charge in [-0.1, -0.05) is 6.07 Å². The number of amides is 2. The molecule has 5 heteroatoms. The number of hydrogen-bond acceptors (Lipinski definition) is 3. The van der Waals surface area contributed by atoms with E-state index < -0.39 is 0 Å². The Balaban J connectivity index is 1.80. The van der Waals surface area contributed by atoms with Crippen molar-refractivity contribution in [2.45, 2.75) is 26.7 Å². The third-order valence-corrected chi connectivity index (χ3v) is 4.37. The van der Waals surface area contributed by atoms with Crippen molar-refractivity contribution in [1.29, 1.82) is 0 Å². The molecule has 0 bridgehead atoms. The largest absolute Gasteiger partial charge is 0.453 e. The monoisotopic (exact) mass is 304 g/mol. The van der Waals surface area contributed by atoms with E-state index in [1.165, 1.54) is 12.7 Å². The molecule has 1 aliphatic rings. The van der Waals surface area contributed by atoms with Crippen molar-refractivity contribution in [3.05, 3.63) is 34.9 Å². The lowest BCUT2D eigenvalue weighted by Gasteiger charge is -2.30. The fraction of sp³-hybridized carbons (Fsp3) is 0.529. The summed E-state index contributed by atoms with van der Waals surface area (Å²) < 4.78 is 4.72. The molecule has 0 aliphatic carbocycles. The standard InChI is InChI=1S/C17H24N2O3/c1-12-4-5-15(10-13(12)2)16(20)18-11-14-6-8-19(9-7-14)17(21)22-3/h4-5,10,14H,6-9,11H2,1-3H3,(H,18,20). The molecule has 5 nitrogen and oxygen atoms in total. The van der Waals surface area contributed by atoms with Crippen molar-refractivity contribution in [3.8, 4) is 0 Å². The van der Waals surface area contributed by atoms with Crippen molar-refractivity contribution in [2.24, 2.45) is 5.92 Å². The fourth-order valence-corrected chi connectivity index (χ4v) is 2.67. The van der Waals surface area contributed by atoms with E-state index in [1.807, 2.05) is 32.0 Å². The maximum Gasteiger partial charge on any atom is 0.409 e. The number of aryl methyl sites for hydroxylation is 2. The molecule has 1 fully saturated rings. The summed E-state index contributed by atoms with van der Waals surface area (Å²) >= 11 is 0. The molecule has 0 aromatic heterocycles. The topological polar surface area (TPSA) is 58.6 Å². The Morgan fingerprint density at radius 2 is 1.91 bits per heavy atom. The van der Waals surface area contributed by atoms with E-state index in [9.17, 15) is 9.59 Å². The normalized spacial score (nSPS) is 15.5. The molecule has 22 heavy (non-hydrogen) atoms. The number of nitrogens with zero attached hydrogens (tertiary/aromatic N) is 1. The highest BCUT2D eigenvalue weighted by atomic mass is 16.5. The maximum atomic E-state index is 12.2. The second-order valence-corrected chi connectivity index (χ2v) is 5.91. The van der Waals surface area contributed by atoms with E-state index in [0.717, 1.165) is 18.4 Å². The van der Waals surface area contributed by atoms with E-state index in [4.69, 9.17) is 4.74 Å². The first-order valence-electron chi connectivity index (χ1n) is 7.69. The van der Waals surface area contributed by atoms with Crippen molar-refractivity contribution in [1.82, 2.24) is 10.2 Å². The lowest BCUT2D eigenvalue weighted by atomic mass is 9.97. The van der Waals surface area contributed by atoms with Gasteiger partial charge in [0.25, 0.3) is 5.91 Å². The van der Waals surface area contributed by atoms with Crippen LogP contribution in [0, 0.1) is 19.8 Å². The first kappa shape index (κ1) is 16.3. The number of rotatable bonds is 3. The van der Waals surface area contributed by atoms with Crippen LogP contribution in [-0.4, -0.2) is 43.6 Å². The average molecular weight is 304 g/mol. The second kappa shape index (κ2) is 7.29. The van der Waals surface area contributed by atoms with E-state index in [0.29, 0.717) is 31.1 Å². The predicted molar refractivity (Wildman–Crippen MR) is 85.0 cm³/mol. The zero-order valence-electron chi connectivity index (χ0n) is 13.5. The Morgan fingerprint density at radius 1 is 1.23 bits per heavy atom. The highest BCUT2D eigenvalue weighted by Crippen LogP contribution is 2.17. The summed E-state index contributed by atoms with van der Waals surface area (Å²) in [6, 6.07) is 5.75. The van der Waals surface area contributed by atoms with Crippen LogP contribution < -0.4 is 5.32 Å². The third-order valence-electron chi connectivity index (χ3n) is 4.37. The van der Waals surface area contributed by atoms with Crippen LogP contribution in [0.2, 0.25) is 0 Å². The quantitative estimate of drug-likeness (QED) is 0.933. The lowest BCUT2D eigenvalue weighted by molar-refractivity contribution is 0.0914. The number of carbonyl (C=O) groups is 2. The van der Waals surface area contributed by atoms with E-state index >= 15 is 0 Å². The maximum absolute atomic E-state index is 12.2. The highest BCUT2D eigenvalue weighted by Gasteiger charge is 2.23. The van der Waals surface area contributed by atoms with Gasteiger partial charge in [-0.05, 0) is 55.9 Å². The van der Waals surface area contributed by atoms with Gasteiger partial charge >= 0.3 is 6.09 Å². The number of ether oxygens (including phenoxy) is 1. The van der Waals surface area contributed by atoms with Gasteiger partial charge in [-0.2, -0.15) is 0 Å². The second-order valence-electron chi connectivity index (χ2n) is 5.91. The summed E-state index contributed by atoms with van der Waals surface area (Å²) in [4.78, 5) is 25.3. The number of nitrogens with one attached hydrogen (secondary N) is 1. The molecule has 0 unspecified atom stereocenters. The van der Waals surface area contributed by atoms with Gasteiger partial charge < -0.3 is 15.0 Å². The Kier molecular flexibility index (Phi) is 5.41. The van der Waals surface area contributed by atoms with E-state index in [1.54, 1.807) is 4.90 Å². The van der Waals surface area contributed by atoms with Crippen molar-refractivity contribution < 1.29 is 14.3 Å². The van der Waals surface area contributed by atoms with Crippen LogP contribution in [0.4, 0.5) is 4.79 Å². The summed E-state index contributed by atoms with van der Waals surface area (Å²) in [5.74, 6) is 0.384. The van der Waals surface area contributed by atoms with Gasteiger partial charge in [-0.3, -0.25) is 4.79 Å². The van der Waals surface area contributed by atoms with Gasteiger partial charge in [0, 0.05) is 25.2 Å². The van der Waals surface area contributed by atoms with Gasteiger partial charge in [0.2, 0.25) is 0 Å². The van der Waals surface area contributed by atoms with Gasteiger partial charge in [-0.25, -0.2) is 4.79 Å². The van der Waals surface area contributed by atoms with Gasteiger partial charge in [0.15, 0.2) is 0 Å². The lowest BCUT2D eigenvalue weighted by Crippen LogP contribution is -2.41. The van der Waals surface area contributed by atoms with Crippen LogP contribution in [0.5, 0.6) is 0 Å². The molecule has 2 rings (SSSR count). The van der Waals surface area contributed by atoms with E-state index in [2.05, 4.69) is 5.32 Å². The predicted octanol–water partition coefficient (Wildman–Crippen LogP) is 2.51. The molecule has 1 aromatic rings. The summed E-state index contributed by atoms with van der Waals surface area (Å²) in [5, 5.41) is 3.00. The van der Waals surface area contributed by atoms with Crippen molar-refractivity contribution in [3.63, 3.8) is 0 Å². The minimum absolute atomic E-state index is 0.0292. The van der Waals surface area contributed by atoms with Crippen LogP contribution in [0.25, 0.3) is 0 Å². The number of methoxy groups -OCH3 is 1. The smallest absolute Gasteiger partial charge is 0.409 e. The molecular formula is C17H24N2O3. The zero-order valence-corrected chi connectivity index (χ0v) is 13.5. The Hall–Kier alpha value is -2.04. The van der Waals surface area contributed by atoms with Gasteiger partial charge in [-0.15, -0.1) is 0 Å². The SMILES string of the molecule is COC(=O)N1CCC(CNC(=O)c2ccc(C)c(C)c2)CC1. The average Bonchev–Trinajstić information content (AvgIpc) is 2.54. The molecule has 0 radical (unpaired) electrons. The molecule has 0 saturated carbocycles. The third kappa shape index (κ3) is 4.00. The van der Waals surface area contributed by atoms with Crippen molar-refractivity contribution in [2.75, 3.05) is 26.7 Å². The first-order chi connectivity index (χ1) is 10.5. The molecule has 1 aliphatic heterocycles. The van der Waals surface area contributed by atoms with Gasteiger partial charge in [0.1, 0.15) is 0 Å². The minimum Gasteiger partial charge on any atom is -0.453 e. The molecule has 1 N–H and O–H groups in total. The number of piperidine rings is 1. The molecular weight excluding hydrogens is 280 g/mol. The van der Waals surface area contributed by atoms with Crippen molar-refractivity contribution >= 4 is 12.0 Å². The number of benzene rings is 1. The Morgan fingerprint density at radius 3 is 2.50 bits per heavy atom. The first-order valence-corrected chi connectivity index (χ1v) is 7.69. The van der Waals surface area contributed by atoms with Crippen LogP contribution in [-0.2, 0) is 4.74 Å². The number of hydrogen-bond donors (Lipinski definition) is 1. The molecule has 1 saturated heterocycles. The molecule has 1 heterocycles. The van der Waals surface area contributed by atoms with Crippen LogP contribution in [0.3, 0.4) is 0 Å².